The lowest BCUT2D eigenvalue weighted by atomic mass is 10.1. The van der Waals surface area contributed by atoms with Gasteiger partial charge in [-0.15, -0.1) is 0 Å². The summed E-state index contributed by atoms with van der Waals surface area (Å²) >= 11 is 0. The molecule has 0 aliphatic carbocycles. The number of halogens is 2. The normalized spacial score (nSPS) is 10.7. The molecule has 25 heavy (non-hydrogen) atoms. The topological polar surface area (TPSA) is 74.4 Å². The number of carbonyl (C=O) groups excluding carboxylic acids is 1. The molecule has 0 spiro atoms. The first-order valence-electron chi connectivity index (χ1n) is 7.34. The van der Waals surface area contributed by atoms with Crippen molar-refractivity contribution in [3.8, 4) is 11.5 Å². The monoisotopic (exact) mass is 344 g/mol. The number of ether oxygens (including phenoxy) is 2. The van der Waals surface area contributed by atoms with E-state index in [2.05, 4.69) is 4.98 Å². The molecule has 1 aromatic heterocycles. The van der Waals surface area contributed by atoms with Gasteiger partial charge in [0.2, 0.25) is 0 Å². The Hall–Kier alpha value is -3.22. The van der Waals surface area contributed by atoms with Crippen LogP contribution in [0.1, 0.15) is 16.1 Å². The van der Waals surface area contributed by atoms with Crippen LogP contribution in [0.3, 0.4) is 0 Å². The van der Waals surface area contributed by atoms with Gasteiger partial charge < -0.3 is 15.2 Å². The quantitative estimate of drug-likeness (QED) is 0.771. The van der Waals surface area contributed by atoms with Gasteiger partial charge in [-0.2, -0.15) is 0 Å². The molecule has 0 aliphatic rings. The summed E-state index contributed by atoms with van der Waals surface area (Å²) in [5.74, 6) is -2.91. The van der Waals surface area contributed by atoms with Gasteiger partial charge >= 0.3 is 0 Å². The average molecular weight is 344 g/mol. The Bertz CT molecular complexity index is 960. The minimum absolute atomic E-state index is 0.0529. The Morgan fingerprint density at radius 1 is 1.16 bits per heavy atom. The molecule has 3 aromatic rings. The van der Waals surface area contributed by atoms with Crippen LogP contribution in [0.15, 0.2) is 42.5 Å². The van der Waals surface area contributed by atoms with Crippen molar-refractivity contribution in [2.45, 2.75) is 6.61 Å². The van der Waals surface area contributed by atoms with E-state index in [-0.39, 0.29) is 12.4 Å². The molecule has 0 aliphatic heterocycles. The van der Waals surface area contributed by atoms with Gasteiger partial charge in [0.1, 0.15) is 23.7 Å². The van der Waals surface area contributed by atoms with E-state index in [0.29, 0.717) is 11.4 Å². The van der Waals surface area contributed by atoms with E-state index < -0.39 is 23.1 Å². The molecule has 5 nitrogen and oxygen atoms in total. The zero-order valence-electron chi connectivity index (χ0n) is 13.3. The van der Waals surface area contributed by atoms with Crippen LogP contribution in [0, 0.1) is 11.6 Å². The number of primary amides is 1. The van der Waals surface area contributed by atoms with Crippen molar-refractivity contribution in [1.29, 1.82) is 0 Å². The maximum Gasteiger partial charge on any atom is 0.254 e. The number of carbonyl (C=O) groups is 1. The second-order valence-corrected chi connectivity index (χ2v) is 5.25. The number of methoxy groups -OCH3 is 1. The van der Waals surface area contributed by atoms with Gasteiger partial charge in [-0.05, 0) is 36.4 Å². The summed E-state index contributed by atoms with van der Waals surface area (Å²) in [5, 5.41) is 0.882. The number of pyridine rings is 1. The van der Waals surface area contributed by atoms with Crippen molar-refractivity contribution < 1.29 is 23.0 Å². The summed E-state index contributed by atoms with van der Waals surface area (Å²) < 4.78 is 38.1. The molecule has 128 valence electrons. The second kappa shape index (κ2) is 6.72. The number of hydrogen-bond donors (Lipinski definition) is 1. The van der Waals surface area contributed by atoms with Crippen LogP contribution >= 0.6 is 0 Å². The maximum atomic E-state index is 14.1. The van der Waals surface area contributed by atoms with Crippen molar-refractivity contribution in [2.24, 2.45) is 5.73 Å². The molecule has 2 aromatic carbocycles. The average Bonchev–Trinajstić information content (AvgIpc) is 2.60. The Kier molecular flexibility index (Phi) is 4.47. The van der Waals surface area contributed by atoms with Crippen molar-refractivity contribution in [2.75, 3.05) is 7.11 Å². The summed E-state index contributed by atoms with van der Waals surface area (Å²) in [6, 6.07) is 11.0. The number of hydrogen-bond acceptors (Lipinski definition) is 4. The van der Waals surface area contributed by atoms with Crippen LogP contribution in [0.2, 0.25) is 0 Å². The van der Waals surface area contributed by atoms with E-state index >= 15 is 0 Å². The highest BCUT2D eigenvalue weighted by molar-refractivity contribution is 5.93. The first-order valence-corrected chi connectivity index (χ1v) is 7.34. The molecule has 7 heteroatoms. The number of aromatic nitrogens is 1. The summed E-state index contributed by atoms with van der Waals surface area (Å²) in [6.45, 7) is -0.0529. The van der Waals surface area contributed by atoms with Gasteiger partial charge in [0.25, 0.3) is 5.91 Å². The zero-order valence-corrected chi connectivity index (χ0v) is 13.3. The van der Waals surface area contributed by atoms with Gasteiger partial charge in [-0.3, -0.25) is 4.79 Å². The Labute approximate surface area is 142 Å². The molecule has 0 saturated heterocycles. The van der Waals surface area contributed by atoms with Crippen molar-refractivity contribution in [1.82, 2.24) is 4.98 Å². The van der Waals surface area contributed by atoms with Crippen molar-refractivity contribution in [3.05, 3.63) is 65.4 Å². The number of nitrogens with two attached hydrogens (primary N) is 1. The minimum Gasteiger partial charge on any atom is -0.497 e. The second-order valence-electron chi connectivity index (χ2n) is 5.25. The Balaban J connectivity index is 1.83. The number of benzene rings is 2. The van der Waals surface area contributed by atoms with Crippen LogP contribution in [0.4, 0.5) is 8.78 Å². The number of fused-ring (bicyclic) bond motifs is 1. The fourth-order valence-corrected chi connectivity index (χ4v) is 2.38. The van der Waals surface area contributed by atoms with Gasteiger partial charge in [0, 0.05) is 5.39 Å². The highest BCUT2D eigenvalue weighted by Crippen LogP contribution is 2.24. The first kappa shape index (κ1) is 16.6. The first-order chi connectivity index (χ1) is 12.0. The highest BCUT2D eigenvalue weighted by atomic mass is 19.1. The van der Waals surface area contributed by atoms with Crippen LogP contribution in [-0.2, 0) is 6.61 Å². The van der Waals surface area contributed by atoms with Gasteiger partial charge in [-0.25, -0.2) is 13.8 Å². The fraction of sp³-hybridized carbons (Fsp3) is 0.111. The summed E-state index contributed by atoms with van der Waals surface area (Å²) in [6.07, 6.45) is 0. The molecular formula is C18H14F2N2O3. The molecule has 1 amide bonds. The van der Waals surface area contributed by atoms with Crippen LogP contribution in [-0.4, -0.2) is 18.0 Å². The molecule has 0 atom stereocenters. The standard InChI is InChI=1S/C18H14F2N2O3/c1-24-12-4-6-14-10(8-12)2-3-11(22-14)9-25-15-7-5-13(19)16(17(15)20)18(21)23/h2-8H,9H2,1H3,(H2,21,23). The summed E-state index contributed by atoms with van der Waals surface area (Å²) in [7, 11) is 1.58. The van der Waals surface area contributed by atoms with Crippen LogP contribution < -0.4 is 15.2 Å². The largest absolute Gasteiger partial charge is 0.497 e. The third-order valence-corrected chi connectivity index (χ3v) is 3.63. The lowest BCUT2D eigenvalue weighted by molar-refractivity contribution is 0.0991. The Morgan fingerprint density at radius 2 is 1.96 bits per heavy atom. The summed E-state index contributed by atoms with van der Waals surface area (Å²) in [4.78, 5) is 15.5. The van der Waals surface area contributed by atoms with Gasteiger partial charge in [0.15, 0.2) is 11.6 Å². The molecule has 0 radical (unpaired) electrons. The number of nitrogens with zero attached hydrogens (tertiary/aromatic N) is 1. The number of amides is 1. The van der Waals surface area contributed by atoms with Gasteiger partial charge in [0.05, 0.1) is 18.3 Å². The third-order valence-electron chi connectivity index (χ3n) is 3.63. The van der Waals surface area contributed by atoms with Crippen LogP contribution in [0.5, 0.6) is 11.5 Å². The van der Waals surface area contributed by atoms with Gasteiger partial charge in [-0.1, -0.05) is 6.07 Å². The summed E-state index contributed by atoms with van der Waals surface area (Å²) in [5.41, 5.74) is 5.42. The van der Waals surface area contributed by atoms with E-state index in [4.69, 9.17) is 15.2 Å². The molecule has 0 bridgehead atoms. The fourth-order valence-electron chi connectivity index (χ4n) is 2.38. The molecule has 1 heterocycles. The molecule has 0 saturated carbocycles. The van der Waals surface area contributed by atoms with E-state index in [1.165, 1.54) is 0 Å². The predicted octanol–water partition coefficient (Wildman–Crippen LogP) is 3.20. The Morgan fingerprint density at radius 3 is 2.68 bits per heavy atom. The molecular weight excluding hydrogens is 330 g/mol. The van der Waals surface area contributed by atoms with E-state index in [0.717, 1.165) is 23.0 Å². The van der Waals surface area contributed by atoms with Crippen LogP contribution in [0.25, 0.3) is 10.9 Å². The highest BCUT2D eigenvalue weighted by Gasteiger charge is 2.19. The molecule has 0 fully saturated rings. The third kappa shape index (κ3) is 3.35. The predicted molar refractivity (Wildman–Crippen MR) is 87.5 cm³/mol. The lowest BCUT2D eigenvalue weighted by Crippen LogP contribution is -2.16. The zero-order chi connectivity index (χ0) is 18.0. The minimum atomic E-state index is -1.20. The van der Waals surface area contributed by atoms with Crippen molar-refractivity contribution >= 4 is 16.8 Å². The molecule has 3 rings (SSSR count). The lowest BCUT2D eigenvalue weighted by Gasteiger charge is -2.10. The smallest absolute Gasteiger partial charge is 0.254 e. The van der Waals surface area contributed by atoms with E-state index in [9.17, 15) is 13.6 Å². The molecule has 0 unspecified atom stereocenters. The molecule has 2 N–H and O–H groups in total. The van der Waals surface area contributed by atoms with Crippen molar-refractivity contribution in [3.63, 3.8) is 0 Å². The SMILES string of the molecule is COc1ccc2nc(COc3ccc(F)c(C(N)=O)c3F)ccc2c1. The van der Waals surface area contributed by atoms with E-state index in [1.807, 2.05) is 12.1 Å². The van der Waals surface area contributed by atoms with E-state index in [1.54, 1.807) is 25.3 Å². The number of rotatable bonds is 5. The maximum absolute atomic E-state index is 14.1.